The molecule has 1 aliphatic carbocycles. The van der Waals surface area contributed by atoms with Gasteiger partial charge in [0.1, 0.15) is 5.82 Å². The summed E-state index contributed by atoms with van der Waals surface area (Å²) in [5, 5.41) is 3.45. The van der Waals surface area contributed by atoms with E-state index in [1.807, 2.05) is 19.9 Å². The molecule has 0 aliphatic heterocycles. The van der Waals surface area contributed by atoms with E-state index in [9.17, 15) is 4.39 Å². The maximum absolute atomic E-state index is 13.1. The molecule has 1 unspecified atom stereocenters. The molecule has 0 heterocycles. The first-order chi connectivity index (χ1) is 9.24. The largest absolute Gasteiger partial charge is 0.352 e. The minimum absolute atomic E-state index is 0.152. The van der Waals surface area contributed by atoms with Gasteiger partial charge in [-0.2, -0.15) is 0 Å². The highest BCUT2D eigenvalue weighted by Gasteiger charge is 2.23. The maximum Gasteiger partial charge on any atom is 0.169 e. The van der Waals surface area contributed by atoms with E-state index >= 15 is 0 Å². The third kappa shape index (κ3) is 3.75. The fraction of sp³-hybridized carbons (Fsp3) is 0.600. The Morgan fingerprint density at radius 3 is 2.74 bits per heavy atom. The van der Waals surface area contributed by atoms with Gasteiger partial charge in [-0.15, -0.1) is 0 Å². The van der Waals surface area contributed by atoms with Crippen LogP contribution >= 0.6 is 0 Å². The van der Waals surface area contributed by atoms with E-state index in [4.69, 9.17) is 9.47 Å². The zero-order valence-electron chi connectivity index (χ0n) is 11.6. The second kappa shape index (κ2) is 6.98. The van der Waals surface area contributed by atoms with E-state index in [2.05, 4.69) is 5.32 Å². The second-order valence-corrected chi connectivity index (χ2v) is 4.68. The normalized spacial score (nSPS) is 18.0. The van der Waals surface area contributed by atoms with Crippen molar-refractivity contribution in [3.63, 3.8) is 0 Å². The van der Waals surface area contributed by atoms with Crippen molar-refractivity contribution in [2.45, 2.75) is 39.0 Å². The highest BCUT2D eigenvalue weighted by molar-refractivity contribution is 5.34. The number of benzene rings is 1. The Hall–Kier alpha value is -0.970. The maximum atomic E-state index is 13.1. The second-order valence-electron chi connectivity index (χ2n) is 4.68. The van der Waals surface area contributed by atoms with E-state index < -0.39 is 0 Å². The summed E-state index contributed by atoms with van der Waals surface area (Å²) in [6.07, 6.45) is 1.72. The van der Waals surface area contributed by atoms with Crippen LogP contribution < -0.4 is 5.32 Å². The summed E-state index contributed by atoms with van der Waals surface area (Å²) < 4.78 is 24.2. The molecule has 0 radical (unpaired) electrons. The summed E-state index contributed by atoms with van der Waals surface area (Å²) in [6, 6.07) is 5.33. The van der Waals surface area contributed by atoms with Gasteiger partial charge in [-0.25, -0.2) is 4.39 Å². The van der Waals surface area contributed by atoms with Crippen LogP contribution in [0.15, 0.2) is 18.2 Å². The van der Waals surface area contributed by atoms with Gasteiger partial charge in [-0.05, 0) is 49.9 Å². The smallest absolute Gasteiger partial charge is 0.169 e. The summed E-state index contributed by atoms with van der Waals surface area (Å²) in [5.74, 6) is -0.152. The summed E-state index contributed by atoms with van der Waals surface area (Å²) in [5.41, 5.74) is 2.31. The number of fused-ring (bicyclic) bond motifs is 1. The Morgan fingerprint density at radius 2 is 2.05 bits per heavy atom. The summed E-state index contributed by atoms with van der Waals surface area (Å²) in [4.78, 5) is 0. The van der Waals surface area contributed by atoms with Crippen molar-refractivity contribution in [1.29, 1.82) is 0 Å². The molecule has 3 nitrogen and oxygen atoms in total. The Labute approximate surface area is 114 Å². The standard InChI is InChI=1S/C15H22FNO2/c1-3-18-15(19-4-2)10-17-14-8-5-11-9-12(16)6-7-13(11)14/h6-7,9,14-15,17H,3-5,8,10H2,1-2H3. The van der Waals surface area contributed by atoms with Gasteiger partial charge in [0.15, 0.2) is 6.29 Å². The summed E-state index contributed by atoms with van der Waals surface area (Å²) in [6.45, 7) is 5.85. The molecule has 0 bridgehead atoms. The first-order valence-electron chi connectivity index (χ1n) is 6.99. The van der Waals surface area contributed by atoms with Crippen molar-refractivity contribution in [2.75, 3.05) is 19.8 Å². The minimum atomic E-state index is -0.209. The van der Waals surface area contributed by atoms with Crippen LogP contribution in [0, 0.1) is 5.82 Å². The highest BCUT2D eigenvalue weighted by atomic mass is 19.1. The van der Waals surface area contributed by atoms with Crippen molar-refractivity contribution in [3.8, 4) is 0 Å². The molecule has 1 aromatic carbocycles. The molecule has 0 amide bonds. The molecular weight excluding hydrogens is 245 g/mol. The number of rotatable bonds is 7. The van der Waals surface area contributed by atoms with Gasteiger partial charge < -0.3 is 14.8 Å². The van der Waals surface area contributed by atoms with E-state index in [0.29, 0.717) is 19.8 Å². The van der Waals surface area contributed by atoms with Gasteiger partial charge in [0, 0.05) is 25.8 Å². The first-order valence-corrected chi connectivity index (χ1v) is 6.99. The number of aryl methyl sites for hydroxylation is 1. The molecule has 4 heteroatoms. The average Bonchev–Trinajstić information content (AvgIpc) is 2.78. The lowest BCUT2D eigenvalue weighted by Gasteiger charge is -2.21. The van der Waals surface area contributed by atoms with Gasteiger partial charge in [-0.3, -0.25) is 0 Å². The summed E-state index contributed by atoms with van der Waals surface area (Å²) >= 11 is 0. The number of halogens is 1. The molecule has 0 saturated carbocycles. The van der Waals surface area contributed by atoms with Crippen molar-refractivity contribution >= 4 is 0 Å². The van der Waals surface area contributed by atoms with Crippen LogP contribution in [0.1, 0.15) is 37.4 Å². The van der Waals surface area contributed by atoms with Crippen LogP contribution in [0.3, 0.4) is 0 Å². The molecule has 0 fully saturated rings. The van der Waals surface area contributed by atoms with E-state index in [1.165, 1.54) is 11.6 Å². The van der Waals surface area contributed by atoms with E-state index in [1.54, 1.807) is 6.07 Å². The molecule has 106 valence electrons. The van der Waals surface area contributed by atoms with Crippen molar-refractivity contribution in [2.24, 2.45) is 0 Å². The van der Waals surface area contributed by atoms with Crippen LogP contribution in [-0.4, -0.2) is 26.0 Å². The predicted molar refractivity (Wildman–Crippen MR) is 72.5 cm³/mol. The van der Waals surface area contributed by atoms with E-state index in [-0.39, 0.29) is 18.1 Å². The Balaban J connectivity index is 1.91. The van der Waals surface area contributed by atoms with Crippen LogP contribution in [0.2, 0.25) is 0 Å². The summed E-state index contributed by atoms with van der Waals surface area (Å²) in [7, 11) is 0. The van der Waals surface area contributed by atoms with Crippen LogP contribution in [-0.2, 0) is 15.9 Å². The molecule has 1 N–H and O–H groups in total. The fourth-order valence-corrected chi connectivity index (χ4v) is 2.57. The van der Waals surface area contributed by atoms with E-state index in [0.717, 1.165) is 18.4 Å². The zero-order valence-corrected chi connectivity index (χ0v) is 11.6. The fourth-order valence-electron chi connectivity index (χ4n) is 2.57. The van der Waals surface area contributed by atoms with Crippen LogP contribution in [0.25, 0.3) is 0 Å². The molecular formula is C15H22FNO2. The first kappa shape index (κ1) is 14.4. The molecule has 0 saturated heterocycles. The molecule has 1 aliphatic rings. The lowest BCUT2D eigenvalue weighted by molar-refractivity contribution is -0.133. The third-order valence-corrected chi connectivity index (χ3v) is 3.42. The quantitative estimate of drug-likeness (QED) is 0.771. The topological polar surface area (TPSA) is 30.5 Å². The molecule has 1 atom stereocenters. The zero-order chi connectivity index (χ0) is 13.7. The lowest BCUT2D eigenvalue weighted by atomic mass is 10.1. The van der Waals surface area contributed by atoms with Gasteiger partial charge in [-0.1, -0.05) is 6.07 Å². The van der Waals surface area contributed by atoms with Gasteiger partial charge >= 0.3 is 0 Å². The third-order valence-electron chi connectivity index (χ3n) is 3.42. The van der Waals surface area contributed by atoms with Crippen molar-refractivity contribution in [1.82, 2.24) is 5.32 Å². The Bertz CT molecular complexity index is 405. The molecule has 0 aromatic heterocycles. The molecule has 2 rings (SSSR count). The van der Waals surface area contributed by atoms with Gasteiger partial charge in [0.25, 0.3) is 0 Å². The highest BCUT2D eigenvalue weighted by Crippen LogP contribution is 2.31. The molecule has 0 spiro atoms. The monoisotopic (exact) mass is 267 g/mol. The van der Waals surface area contributed by atoms with Crippen LogP contribution in [0.5, 0.6) is 0 Å². The van der Waals surface area contributed by atoms with Crippen LogP contribution in [0.4, 0.5) is 4.39 Å². The molecule has 19 heavy (non-hydrogen) atoms. The number of hydrogen-bond acceptors (Lipinski definition) is 3. The SMILES string of the molecule is CCOC(CNC1CCc2cc(F)ccc21)OCC. The number of hydrogen-bond donors (Lipinski definition) is 1. The lowest BCUT2D eigenvalue weighted by Crippen LogP contribution is -2.33. The predicted octanol–water partition coefficient (Wildman–Crippen LogP) is 2.80. The Kier molecular flexibility index (Phi) is 5.31. The van der Waals surface area contributed by atoms with Crippen molar-refractivity contribution in [3.05, 3.63) is 35.1 Å². The number of ether oxygens (including phenoxy) is 2. The Morgan fingerprint density at radius 1 is 1.32 bits per heavy atom. The van der Waals surface area contributed by atoms with Crippen molar-refractivity contribution < 1.29 is 13.9 Å². The average molecular weight is 267 g/mol. The number of nitrogens with one attached hydrogen (secondary N) is 1. The minimum Gasteiger partial charge on any atom is -0.352 e. The van der Waals surface area contributed by atoms with Gasteiger partial charge in [0.05, 0.1) is 0 Å². The molecule has 1 aromatic rings. The van der Waals surface area contributed by atoms with Gasteiger partial charge in [0.2, 0.25) is 0 Å².